The van der Waals surface area contributed by atoms with E-state index in [0.29, 0.717) is 6.42 Å². The molecule has 3 nitrogen and oxygen atoms in total. The van der Waals surface area contributed by atoms with Crippen molar-refractivity contribution in [2.75, 3.05) is 0 Å². The molecule has 0 saturated carbocycles. The Kier molecular flexibility index (Phi) is 4.96. The minimum atomic E-state index is -0.805. The van der Waals surface area contributed by atoms with Gasteiger partial charge >= 0.3 is 5.97 Å². The lowest BCUT2D eigenvalue weighted by atomic mass is 9.99. The summed E-state index contributed by atoms with van der Waals surface area (Å²) in [7, 11) is 0. The van der Waals surface area contributed by atoms with E-state index < -0.39 is 12.1 Å². The Bertz CT molecular complexity index is 346. The molecule has 0 spiro atoms. The van der Waals surface area contributed by atoms with Crippen LogP contribution in [0.2, 0.25) is 0 Å². The number of aryl methyl sites for hydroxylation is 1. The molecule has 0 radical (unpaired) electrons. The first-order valence-electron chi connectivity index (χ1n) is 5.51. The molecule has 90 valence electrons. The van der Waals surface area contributed by atoms with E-state index in [1.54, 1.807) is 11.3 Å². The van der Waals surface area contributed by atoms with Gasteiger partial charge in [-0.3, -0.25) is 4.79 Å². The Morgan fingerprint density at radius 2 is 2.19 bits per heavy atom. The number of rotatable bonds is 6. The Labute approximate surface area is 99.7 Å². The molecule has 1 rings (SSSR count). The van der Waals surface area contributed by atoms with Gasteiger partial charge in [-0.05, 0) is 30.9 Å². The Morgan fingerprint density at radius 1 is 1.50 bits per heavy atom. The molecule has 2 N–H and O–H groups in total. The second kappa shape index (κ2) is 6.01. The van der Waals surface area contributed by atoms with Gasteiger partial charge in [0.2, 0.25) is 0 Å². The van der Waals surface area contributed by atoms with Gasteiger partial charge in [-0.2, -0.15) is 0 Å². The summed E-state index contributed by atoms with van der Waals surface area (Å²) in [6, 6.07) is 3.95. The average Bonchev–Trinajstić information content (AvgIpc) is 2.64. The molecule has 2 unspecified atom stereocenters. The number of aliphatic hydroxyl groups excluding tert-OH is 1. The van der Waals surface area contributed by atoms with Crippen molar-refractivity contribution in [1.82, 2.24) is 0 Å². The summed E-state index contributed by atoms with van der Waals surface area (Å²) in [5.74, 6) is -0.806. The number of aliphatic carboxylic acids is 1. The van der Waals surface area contributed by atoms with E-state index >= 15 is 0 Å². The molecule has 0 aliphatic carbocycles. The number of hydrogen-bond acceptors (Lipinski definition) is 3. The maximum atomic E-state index is 10.5. The van der Waals surface area contributed by atoms with Gasteiger partial charge in [0.1, 0.15) is 0 Å². The first-order valence-corrected chi connectivity index (χ1v) is 6.33. The highest BCUT2D eigenvalue weighted by atomic mass is 32.1. The maximum absolute atomic E-state index is 10.5. The van der Waals surface area contributed by atoms with Crippen LogP contribution in [-0.4, -0.2) is 16.2 Å². The minimum absolute atomic E-state index is 0.000300. The topological polar surface area (TPSA) is 57.5 Å². The minimum Gasteiger partial charge on any atom is -0.481 e. The zero-order valence-corrected chi connectivity index (χ0v) is 10.5. The molecule has 0 amide bonds. The van der Waals surface area contributed by atoms with Gasteiger partial charge in [0.15, 0.2) is 0 Å². The van der Waals surface area contributed by atoms with Crippen LogP contribution < -0.4 is 0 Å². The van der Waals surface area contributed by atoms with Gasteiger partial charge in [0.25, 0.3) is 0 Å². The SMILES string of the molecule is CCc1ccc(C(O)CC(C)CC(=O)O)s1. The van der Waals surface area contributed by atoms with Crippen LogP contribution in [0, 0.1) is 5.92 Å². The van der Waals surface area contributed by atoms with E-state index in [1.807, 2.05) is 19.1 Å². The fourth-order valence-electron chi connectivity index (χ4n) is 1.64. The van der Waals surface area contributed by atoms with Crippen molar-refractivity contribution in [2.24, 2.45) is 5.92 Å². The third kappa shape index (κ3) is 3.94. The van der Waals surface area contributed by atoms with Gasteiger partial charge in [-0.15, -0.1) is 11.3 Å². The lowest BCUT2D eigenvalue weighted by Gasteiger charge is -2.13. The Morgan fingerprint density at radius 3 is 2.69 bits per heavy atom. The lowest BCUT2D eigenvalue weighted by molar-refractivity contribution is -0.138. The molecule has 1 aromatic heterocycles. The first-order chi connectivity index (χ1) is 7.52. The quantitative estimate of drug-likeness (QED) is 0.806. The highest BCUT2D eigenvalue weighted by Gasteiger charge is 2.16. The molecule has 0 aliphatic heterocycles. The van der Waals surface area contributed by atoms with Crippen molar-refractivity contribution in [2.45, 2.75) is 39.2 Å². The molecular formula is C12H18O3S. The van der Waals surface area contributed by atoms with E-state index in [1.165, 1.54) is 4.88 Å². The maximum Gasteiger partial charge on any atom is 0.303 e. The van der Waals surface area contributed by atoms with Crippen LogP contribution in [0.4, 0.5) is 0 Å². The van der Waals surface area contributed by atoms with Gasteiger partial charge in [0.05, 0.1) is 6.10 Å². The zero-order chi connectivity index (χ0) is 12.1. The normalized spacial score (nSPS) is 14.7. The number of thiophene rings is 1. The second-order valence-corrected chi connectivity index (χ2v) is 5.31. The van der Waals surface area contributed by atoms with Crippen LogP contribution in [-0.2, 0) is 11.2 Å². The fraction of sp³-hybridized carbons (Fsp3) is 0.583. The number of aliphatic hydroxyl groups is 1. The van der Waals surface area contributed by atoms with E-state index in [-0.39, 0.29) is 12.3 Å². The zero-order valence-electron chi connectivity index (χ0n) is 9.64. The van der Waals surface area contributed by atoms with Crippen LogP contribution in [0.15, 0.2) is 12.1 Å². The number of carboxylic acids is 1. The molecule has 0 fully saturated rings. The van der Waals surface area contributed by atoms with Crippen molar-refractivity contribution in [3.63, 3.8) is 0 Å². The van der Waals surface area contributed by atoms with E-state index in [4.69, 9.17) is 5.11 Å². The summed E-state index contributed by atoms with van der Waals surface area (Å²) in [5.41, 5.74) is 0. The van der Waals surface area contributed by atoms with Crippen LogP contribution in [0.1, 0.15) is 42.5 Å². The number of carboxylic acid groups (broad SMARTS) is 1. The summed E-state index contributed by atoms with van der Waals surface area (Å²) in [5, 5.41) is 18.6. The lowest BCUT2D eigenvalue weighted by Crippen LogP contribution is -2.08. The van der Waals surface area contributed by atoms with E-state index in [2.05, 4.69) is 6.92 Å². The van der Waals surface area contributed by atoms with Crippen LogP contribution >= 0.6 is 11.3 Å². The van der Waals surface area contributed by atoms with Crippen molar-refractivity contribution < 1.29 is 15.0 Å². The highest BCUT2D eigenvalue weighted by Crippen LogP contribution is 2.28. The summed E-state index contributed by atoms with van der Waals surface area (Å²) in [4.78, 5) is 12.7. The van der Waals surface area contributed by atoms with Crippen molar-refractivity contribution in [1.29, 1.82) is 0 Å². The number of carbonyl (C=O) groups is 1. The van der Waals surface area contributed by atoms with Crippen LogP contribution in [0.5, 0.6) is 0 Å². The molecule has 1 heterocycles. The summed E-state index contributed by atoms with van der Waals surface area (Å²) < 4.78 is 0. The third-order valence-electron chi connectivity index (χ3n) is 2.51. The van der Waals surface area contributed by atoms with Gasteiger partial charge in [0, 0.05) is 16.2 Å². The Balaban J connectivity index is 2.51. The molecule has 2 atom stereocenters. The predicted molar refractivity (Wildman–Crippen MR) is 64.7 cm³/mol. The van der Waals surface area contributed by atoms with Gasteiger partial charge in [-0.25, -0.2) is 0 Å². The first kappa shape index (κ1) is 13.2. The molecular weight excluding hydrogens is 224 g/mol. The molecule has 0 aliphatic rings. The third-order valence-corrected chi connectivity index (χ3v) is 3.84. The Hall–Kier alpha value is -0.870. The fourth-order valence-corrected chi connectivity index (χ4v) is 2.59. The molecule has 0 bridgehead atoms. The van der Waals surface area contributed by atoms with E-state index in [9.17, 15) is 9.90 Å². The molecule has 0 aromatic carbocycles. The van der Waals surface area contributed by atoms with Crippen LogP contribution in [0.25, 0.3) is 0 Å². The van der Waals surface area contributed by atoms with E-state index in [0.717, 1.165) is 11.3 Å². The highest BCUT2D eigenvalue weighted by molar-refractivity contribution is 7.12. The van der Waals surface area contributed by atoms with Crippen molar-refractivity contribution in [3.8, 4) is 0 Å². The average molecular weight is 242 g/mol. The summed E-state index contributed by atoms with van der Waals surface area (Å²) in [6.45, 7) is 3.93. The monoisotopic (exact) mass is 242 g/mol. The van der Waals surface area contributed by atoms with Gasteiger partial charge in [-0.1, -0.05) is 13.8 Å². The van der Waals surface area contributed by atoms with Crippen molar-refractivity contribution >= 4 is 17.3 Å². The molecule has 4 heteroatoms. The smallest absolute Gasteiger partial charge is 0.303 e. The predicted octanol–water partition coefficient (Wildman–Crippen LogP) is 2.84. The number of hydrogen-bond donors (Lipinski definition) is 2. The standard InChI is InChI=1S/C12H18O3S/c1-3-9-4-5-11(16-9)10(13)6-8(2)7-12(14)15/h4-5,8,10,13H,3,6-7H2,1-2H3,(H,14,15). The largest absolute Gasteiger partial charge is 0.481 e. The summed E-state index contributed by atoms with van der Waals surface area (Å²) in [6.07, 6.45) is 1.07. The van der Waals surface area contributed by atoms with Gasteiger partial charge < -0.3 is 10.2 Å². The second-order valence-electron chi connectivity index (χ2n) is 4.11. The van der Waals surface area contributed by atoms with Crippen molar-refractivity contribution in [3.05, 3.63) is 21.9 Å². The van der Waals surface area contributed by atoms with Crippen LogP contribution in [0.3, 0.4) is 0 Å². The molecule has 1 aromatic rings. The molecule has 16 heavy (non-hydrogen) atoms. The molecule has 0 saturated heterocycles. The summed E-state index contributed by atoms with van der Waals surface area (Å²) >= 11 is 1.60.